The Balaban J connectivity index is 1.63. The summed E-state index contributed by atoms with van der Waals surface area (Å²) in [5.74, 6) is 0.0330. The predicted octanol–water partition coefficient (Wildman–Crippen LogP) is 1.89. The molecule has 8 nitrogen and oxygen atoms in total. The summed E-state index contributed by atoms with van der Waals surface area (Å²) in [6.45, 7) is 0.172. The minimum Gasteiger partial charge on any atom is -0.457 e. The molecule has 3 heterocycles. The molecule has 0 bridgehead atoms. The van der Waals surface area contributed by atoms with E-state index in [2.05, 4.69) is 9.97 Å². The van der Waals surface area contributed by atoms with Crippen molar-refractivity contribution in [2.24, 2.45) is 7.05 Å². The maximum atomic E-state index is 12.8. The average molecular weight is 396 g/mol. The van der Waals surface area contributed by atoms with Gasteiger partial charge in [0.1, 0.15) is 22.1 Å². The molecule has 0 atom stereocenters. The second-order valence-electron chi connectivity index (χ2n) is 6.19. The molecule has 4 rings (SSSR count). The molecule has 0 unspecified atom stereocenters. The van der Waals surface area contributed by atoms with Gasteiger partial charge in [-0.15, -0.1) is 11.3 Å². The van der Waals surface area contributed by atoms with Crippen LogP contribution in [0.5, 0.6) is 0 Å². The Bertz CT molecular complexity index is 1270. The summed E-state index contributed by atoms with van der Waals surface area (Å²) < 4.78 is 8.10. The van der Waals surface area contributed by atoms with Gasteiger partial charge in [-0.1, -0.05) is 30.3 Å². The van der Waals surface area contributed by atoms with Gasteiger partial charge in [-0.2, -0.15) is 0 Å². The lowest BCUT2D eigenvalue weighted by atomic mass is 10.2. The predicted molar refractivity (Wildman–Crippen MR) is 105 cm³/mol. The molecule has 0 aliphatic heterocycles. The Hall–Kier alpha value is -3.46. The van der Waals surface area contributed by atoms with Crippen molar-refractivity contribution in [1.82, 2.24) is 19.1 Å². The fraction of sp³-hybridized carbons (Fsp3) is 0.158. The van der Waals surface area contributed by atoms with Gasteiger partial charge in [0.15, 0.2) is 0 Å². The molecule has 9 heteroatoms. The van der Waals surface area contributed by atoms with Gasteiger partial charge in [-0.25, -0.2) is 14.6 Å². The van der Waals surface area contributed by atoms with Crippen LogP contribution >= 0.6 is 11.3 Å². The highest BCUT2D eigenvalue weighted by molar-refractivity contribution is 7.20. The number of imidazole rings is 1. The Morgan fingerprint density at radius 1 is 1.25 bits per heavy atom. The van der Waals surface area contributed by atoms with Crippen LogP contribution < -0.4 is 11.2 Å². The maximum absolute atomic E-state index is 12.8. The number of nitrogens with zero attached hydrogens (tertiary/aromatic N) is 3. The number of aromatic amines is 1. The van der Waals surface area contributed by atoms with Gasteiger partial charge in [0.25, 0.3) is 5.56 Å². The van der Waals surface area contributed by atoms with Crippen molar-refractivity contribution in [3.8, 4) is 0 Å². The van der Waals surface area contributed by atoms with E-state index in [0.29, 0.717) is 10.7 Å². The summed E-state index contributed by atoms with van der Waals surface area (Å²) in [7, 11) is 1.78. The smallest absolute Gasteiger partial charge is 0.348 e. The second kappa shape index (κ2) is 7.28. The van der Waals surface area contributed by atoms with Crippen LogP contribution in [0.2, 0.25) is 0 Å². The monoisotopic (exact) mass is 396 g/mol. The Morgan fingerprint density at radius 2 is 2.04 bits per heavy atom. The van der Waals surface area contributed by atoms with Crippen molar-refractivity contribution in [2.45, 2.75) is 13.2 Å². The number of H-pyrrole nitrogens is 1. The number of rotatable bonds is 5. The molecule has 4 aromatic rings. The van der Waals surface area contributed by atoms with E-state index < -0.39 is 17.2 Å². The quantitative estimate of drug-likeness (QED) is 0.520. The third-order valence-corrected chi connectivity index (χ3v) is 5.34. The number of aromatic nitrogens is 4. The molecule has 1 N–H and O–H groups in total. The summed E-state index contributed by atoms with van der Waals surface area (Å²) in [5.41, 5.74) is -0.158. The first kappa shape index (κ1) is 17.9. The van der Waals surface area contributed by atoms with E-state index in [-0.39, 0.29) is 23.4 Å². The van der Waals surface area contributed by atoms with Crippen LogP contribution in [0.3, 0.4) is 0 Å². The molecule has 0 spiro atoms. The number of benzene rings is 1. The fourth-order valence-corrected chi connectivity index (χ4v) is 3.71. The van der Waals surface area contributed by atoms with E-state index in [1.165, 1.54) is 6.07 Å². The summed E-state index contributed by atoms with van der Waals surface area (Å²) in [6, 6.07) is 10.8. The molecule has 0 saturated carbocycles. The lowest BCUT2D eigenvalue weighted by molar-refractivity contribution is 0.0478. The third kappa shape index (κ3) is 3.39. The van der Waals surface area contributed by atoms with E-state index >= 15 is 0 Å². The normalized spacial score (nSPS) is 11.0. The highest BCUT2D eigenvalue weighted by Crippen LogP contribution is 2.21. The van der Waals surface area contributed by atoms with Crippen LogP contribution in [0, 0.1) is 0 Å². The highest BCUT2D eigenvalue weighted by Gasteiger charge is 2.17. The van der Waals surface area contributed by atoms with E-state index in [1.54, 1.807) is 24.0 Å². The van der Waals surface area contributed by atoms with Crippen LogP contribution in [0.1, 0.15) is 21.1 Å². The molecule has 1 aromatic carbocycles. The summed E-state index contributed by atoms with van der Waals surface area (Å²) in [5, 5.41) is 0.269. The van der Waals surface area contributed by atoms with Gasteiger partial charge in [-0.05, 0) is 11.6 Å². The number of carbonyl (C=O) groups excluding carboxylic acids is 1. The number of nitrogens with one attached hydrogen (secondary N) is 1. The average Bonchev–Trinajstić information content (AvgIpc) is 3.30. The zero-order valence-corrected chi connectivity index (χ0v) is 15.7. The highest BCUT2D eigenvalue weighted by atomic mass is 32.1. The van der Waals surface area contributed by atoms with Crippen molar-refractivity contribution in [3.63, 3.8) is 0 Å². The molecule has 0 saturated heterocycles. The topological polar surface area (TPSA) is 99.0 Å². The third-order valence-electron chi connectivity index (χ3n) is 4.31. The van der Waals surface area contributed by atoms with Crippen LogP contribution in [0.15, 0.2) is 58.4 Å². The Morgan fingerprint density at radius 3 is 2.75 bits per heavy atom. The number of esters is 1. The van der Waals surface area contributed by atoms with Crippen molar-refractivity contribution in [2.75, 3.05) is 0 Å². The van der Waals surface area contributed by atoms with Gasteiger partial charge >= 0.3 is 11.7 Å². The Labute approximate surface area is 162 Å². The lowest BCUT2D eigenvalue weighted by Gasteiger charge is -2.04. The standard InChI is InChI=1S/C19H16N4O4S/c1-22-8-7-20-15(22)10-23-17(24)13-9-14(28-16(13)21-19(23)26)18(25)27-11-12-5-3-2-4-6-12/h2-9H,10-11H2,1H3,(H,21,26). The Kier molecular flexibility index (Phi) is 4.66. The van der Waals surface area contributed by atoms with E-state index in [4.69, 9.17) is 4.74 Å². The van der Waals surface area contributed by atoms with E-state index in [1.807, 2.05) is 30.3 Å². The molecule has 0 radical (unpaired) electrons. The molecular weight excluding hydrogens is 380 g/mol. The number of carbonyl (C=O) groups is 1. The molecular formula is C19H16N4O4S. The van der Waals surface area contributed by atoms with Crippen molar-refractivity contribution in [3.05, 3.63) is 85.9 Å². The van der Waals surface area contributed by atoms with E-state index in [0.717, 1.165) is 21.5 Å². The van der Waals surface area contributed by atoms with Crippen molar-refractivity contribution < 1.29 is 9.53 Å². The SMILES string of the molecule is Cn1ccnc1Cn1c(=O)[nH]c2sc(C(=O)OCc3ccccc3)cc2c1=O. The zero-order valence-electron chi connectivity index (χ0n) is 14.9. The van der Waals surface area contributed by atoms with Crippen molar-refractivity contribution >= 4 is 27.5 Å². The van der Waals surface area contributed by atoms with E-state index in [9.17, 15) is 14.4 Å². The molecule has 142 valence electrons. The number of aryl methyl sites for hydroxylation is 1. The maximum Gasteiger partial charge on any atom is 0.348 e. The van der Waals surface area contributed by atoms with Crippen molar-refractivity contribution in [1.29, 1.82) is 0 Å². The van der Waals surface area contributed by atoms with Gasteiger partial charge < -0.3 is 9.30 Å². The first-order chi connectivity index (χ1) is 13.5. The molecule has 0 aliphatic carbocycles. The molecule has 3 aromatic heterocycles. The van der Waals surface area contributed by atoms with Gasteiger partial charge in [0, 0.05) is 19.4 Å². The summed E-state index contributed by atoms with van der Waals surface area (Å²) >= 11 is 1.02. The number of hydrogen-bond acceptors (Lipinski definition) is 6. The van der Waals surface area contributed by atoms with Crippen LogP contribution in [-0.4, -0.2) is 25.1 Å². The number of fused-ring (bicyclic) bond motifs is 1. The molecule has 0 amide bonds. The summed E-state index contributed by atoms with van der Waals surface area (Å²) in [4.78, 5) is 44.9. The second-order valence-corrected chi connectivity index (χ2v) is 7.24. The van der Waals surface area contributed by atoms with Gasteiger partial charge in [-0.3, -0.25) is 14.3 Å². The van der Waals surface area contributed by atoms with Gasteiger partial charge in [0.05, 0.1) is 11.9 Å². The zero-order chi connectivity index (χ0) is 19.7. The number of thiophene rings is 1. The van der Waals surface area contributed by atoms with Crippen LogP contribution in [0.25, 0.3) is 10.2 Å². The number of ether oxygens (including phenoxy) is 1. The minimum absolute atomic E-state index is 0.0389. The van der Waals surface area contributed by atoms with Crippen LogP contribution in [0.4, 0.5) is 0 Å². The van der Waals surface area contributed by atoms with Crippen LogP contribution in [-0.2, 0) is 24.9 Å². The first-order valence-corrected chi connectivity index (χ1v) is 9.28. The molecule has 0 aliphatic rings. The fourth-order valence-electron chi connectivity index (χ4n) is 2.77. The first-order valence-electron chi connectivity index (χ1n) is 8.47. The lowest BCUT2D eigenvalue weighted by Crippen LogP contribution is -2.35. The molecule has 0 fully saturated rings. The minimum atomic E-state index is -0.549. The summed E-state index contributed by atoms with van der Waals surface area (Å²) in [6.07, 6.45) is 3.33. The van der Waals surface area contributed by atoms with Gasteiger partial charge in [0.2, 0.25) is 0 Å². The molecule has 28 heavy (non-hydrogen) atoms. The largest absolute Gasteiger partial charge is 0.457 e. The number of hydrogen-bond donors (Lipinski definition) is 1.